The van der Waals surface area contributed by atoms with E-state index in [9.17, 15) is 22.8 Å². The Morgan fingerprint density at radius 1 is 1.27 bits per heavy atom. The van der Waals surface area contributed by atoms with E-state index in [1.165, 1.54) is 17.0 Å². The molecule has 1 heterocycles. The van der Waals surface area contributed by atoms with Crippen molar-refractivity contribution < 1.29 is 27.9 Å². The summed E-state index contributed by atoms with van der Waals surface area (Å²) in [5.74, 6) is -1.79. The van der Waals surface area contributed by atoms with Crippen LogP contribution < -0.4 is 0 Å². The number of hydrogen-bond acceptors (Lipinski definition) is 2. The molecule has 2 unspecified atom stereocenters. The minimum Gasteiger partial charge on any atom is -0.481 e. The van der Waals surface area contributed by atoms with Gasteiger partial charge in [-0.2, -0.15) is 13.2 Å². The molecule has 2 rings (SSSR count). The van der Waals surface area contributed by atoms with Gasteiger partial charge in [0.15, 0.2) is 0 Å². The number of nitrogens with zero attached hydrogens (tertiary/aromatic N) is 1. The Hall–Kier alpha value is -2.05. The number of halogens is 3. The Kier molecular flexibility index (Phi) is 4.44. The minimum atomic E-state index is -4.40. The van der Waals surface area contributed by atoms with Crippen LogP contribution in [0.15, 0.2) is 24.3 Å². The number of carboxylic acids is 1. The van der Waals surface area contributed by atoms with Gasteiger partial charge in [-0.25, -0.2) is 0 Å². The number of rotatable bonds is 3. The first-order chi connectivity index (χ1) is 10.2. The fraction of sp³-hybridized carbons (Fsp3) is 0.467. The molecule has 1 saturated heterocycles. The Balaban J connectivity index is 2.02. The zero-order chi connectivity index (χ0) is 16.5. The second kappa shape index (κ2) is 5.98. The Morgan fingerprint density at radius 2 is 1.86 bits per heavy atom. The van der Waals surface area contributed by atoms with Gasteiger partial charge >= 0.3 is 12.1 Å². The van der Waals surface area contributed by atoms with Crippen LogP contribution in [-0.4, -0.2) is 34.5 Å². The van der Waals surface area contributed by atoms with Crippen LogP contribution >= 0.6 is 0 Å². The fourth-order valence-electron chi connectivity index (χ4n) is 2.71. The summed E-state index contributed by atoms with van der Waals surface area (Å²) in [7, 11) is 0. The highest BCUT2D eigenvalue weighted by molar-refractivity contribution is 5.81. The van der Waals surface area contributed by atoms with E-state index < -0.39 is 29.7 Å². The average molecular weight is 315 g/mol. The van der Waals surface area contributed by atoms with Crippen molar-refractivity contribution in [1.82, 2.24) is 4.90 Å². The molecule has 0 radical (unpaired) electrons. The highest BCUT2D eigenvalue weighted by Crippen LogP contribution is 2.29. The van der Waals surface area contributed by atoms with Gasteiger partial charge in [0.05, 0.1) is 17.9 Å². The lowest BCUT2D eigenvalue weighted by atomic mass is 10.0. The van der Waals surface area contributed by atoms with Crippen molar-refractivity contribution in [2.45, 2.75) is 32.0 Å². The van der Waals surface area contributed by atoms with E-state index in [0.717, 1.165) is 12.1 Å². The summed E-state index contributed by atoms with van der Waals surface area (Å²) in [6.07, 6.45) is -4.04. The molecule has 1 amide bonds. The molecule has 120 valence electrons. The van der Waals surface area contributed by atoms with Gasteiger partial charge in [-0.15, -0.1) is 0 Å². The number of carbonyl (C=O) groups is 2. The standard InChI is InChI=1S/C15H16F3NO3/c1-9-12(14(21)22)6-7-19(9)13(20)8-10-2-4-11(5-3-10)15(16,17)18/h2-5,9,12H,6-8H2,1H3,(H,21,22). The molecule has 0 saturated carbocycles. The van der Waals surface area contributed by atoms with Crippen LogP contribution in [0.4, 0.5) is 13.2 Å². The van der Waals surface area contributed by atoms with Crippen molar-refractivity contribution in [3.05, 3.63) is 35.4 Å². The van der Waals surface area contributed by atoms with Crippen LogP contribution in [-0.2, 0) is 22.2 Å². The molecule has 1 N–H and O–H groups in total. The van der Waals surface area contributed by atoms with Gasteiger partial charge < -0.3 is 10.0 Å². The van der Waals surface area contributed by atoms with Crippen LogP contribution in [0.5, 0.6) is 0 Å². The lowest BCUT2D eigenvalue weighted by Crippen LogP contribution is -2.38. The lowest BCUT2D eigenvalue weighted by Gasteiger charge is -2.23. The predicted molar refractivity (Wildman–Crippen MR) is 72.1 cm³/mol. The largest absolute Gasteiger partial charge is 0.481 e. The number of hydrogen-bond donors (Lipinski definition) is 1. The molecular formula is C15H16F3NO3. The van der Waals surface area contributed by atoms with Crippen LogP contribution in [0, 0.1) is 5.92 Å². The Labute approximate surface area is 125 Å². The van der Waals surface area contributed by atoms with Crippen molar-refractivity contribution in [2.75, 3.05) is 6.54 Å². The molecule has 1 aromatic carbocycles. The van der Waals surface area contributed by atoms with E-state index in [4.69, 9.17) is 5.11 Å². The van der Waals surface area contributed by atoms with Crippen molar-refractivity contribution >= 4 is 11.9 Å². The molecule has 1 aromatic rings. The van der Waals surface area contributed by atoms with Crippen LogP contribution in [0.25, 0.3) is 0 Å². The van der Waals surface area contributed by atoms with Gasteiger partial charge in [-0.3, -0.25) is 9.59 Å². The maximum Gasteiger partial charge on any atom is 0.416 e. The molecule has 22 heavy (non-hydrogen) atoms. The molecule has 0 bridgehead atoms. The lowest BCUT2D eigenvalue weighted by molar-refractivity contribution is -0.143. The zero-order valence-electron chi connectivity index (χ0n) is 11.9. The third-order valence-corrected chi connectivity index (χ3v) is 4.03. The number of amides is 1. The summed E-state index contributed by atoms with van der Waals surface area (Å²) in [6, 6.07) is 4.03. The topological polar surface area (TPSA) is 57.6 Å². The summed E-state index contributed by atoms with van der Waals surface area (Å²) < 4.78 is 37.4. The predicted octanol–water partition coefficient (Wildman–Crippen LogP) is 2.57. The third-order valence-electron chi connectivity index (χ3n) is 4.03. The Morgan fingerprint density at radius 3 is 2.32 bits per heavy atom. The second-order valence-corrected chi connectivity index (χ2v) is 5.43. The molecule has 1 aliphatic heterocycles. The quantitative estimate of drug-likeness (QED) is 0.932. The molecule has 4 nitrogen and oxygen atoms in total. The van der Waals surface area contributed by atoms with Gasteiger partial charge in [-0.1, -0.05) is 12.1 Å². The monoisotopic (exact) mass is 315 g/mol. The van der Waals surface area contributed by atoms with Crippen LogP contribution in [0.2, 0.25) is 0 Å². The molecule has 1 aliphatic rings. The van der Waals surface area contributed by atoms with E-state index in [1.54, 1.807) is 6.92 Å². The van der Waals surface area contributed by atoms with Crippen molar-refractivity contribution in [3.8, 4) is 0 Å². The maximum absolute atomic E-state index is 12.5. The third kappa shape index (κ3) is 3.40. The number of carboxylic acid groups (broad SMARTS) is 1. The number of carbonyl (C=O) groups excluding carboxylic acids is 1. The normalized spacial score (nSPS) is 21.9. The van der Waals surface area contributed by atoms with Gasteiger partial charge in [0.25, 0.3) is 0 Å². The molecular weight excluding hydrogens is 299 g/mol. The highest BCUT2D eigenvalue weighted by Gasteiger charge is 2.38. The fourth-order valence-corrected chi connectivity index (χ4v) is 2.71. The summed E-state index contributed by atoms with van der Waals surface area (Å²) in [5.41, 5.74) is -0.284. The van der Waals surface area contributed by atoms with E-state index in [0.29, 0.717) is 18.5 Å². The molecule has 7 heteroatoms. The number of benzene rings is 1. The molecule has 1 fully saturated rings. The number of alkyl halides is 3. The number of likely N-dealkylation sites (tertiary alicyclic amines) is 1. The summed E-state index contributed by atoms with van der Waals surface area (Å²) in [6.45, 7) is 2.04. The first-order valence-corrected chi connectivity index (χ1v) is 6.88. The van der Waals surface area contributed by atoms with Gasteiger partial charge in [0.2, 0.25) is 5.91 Å². The summed E-state index contributed by atoms with van der Waals surface area (Å²) in [5, 5.41) is 9.04. The van der Waals surface area contributed by atoms with Crippen LogP contribution in [0.1, 0.15) is 24.5 Å². The van der Waals surface area contributed by atoms with E-state index in [-0.39, 0.29) is 12.3 Å². The maximum atomic E-state index is 12.5. The molecule has 0 aromatic heterocycles. The van der Waals surface area contributed by atoms with Crippen molar-refractivity contribution in [1.29, 1.82) is 0 Å². The smallest absolute Gasteiger partial charge is 0.416 e. The highest BCUT2D eigenvalue weighted by atomic mass is 19.4. The summed E-state index contributed by atoms with van der Waals surface area (Å²) in [4.78, 5) is 24.7. The van der Waals surface area contributed by atoms with E-state index >= 15 is 0 Å². The Bertz CT molecular complexity index is 568. The van der Waals surface area contributed by atoms with Gasteiger partial charge in [0.1, 0.15) is 0 Å². The molecule has 2 atom stereocenters. The SMILES string of the molecule is CC1C(C(=O)O)CCN1C(=O)Cc1ccc(C(F)(F)F)cc1. The number of aliphatic carboxylic acids is 1. The van der Waals surface area contributed by atoms with Gasteiger partial charge in [-0.05, 0) is 31.0 Å². The van der Waals surface area contributed by atoms with E-state index in [2.05, 4.69) is 0 Å². The zero-order valence-corrected chi connectivity index (χ0v) is 11.9. The second-order valence-electron chi connectivity index (χ2n) is 5.43. The summed E-state index contributed by atoms with van der Waals surface area (Å²) >= 11 is 0. The van der Waals surface area contributed by atoms with Gasteiger partial charge in [0, 0.05) is 12.6 Å². The first-order valence-electron chi connectivity index (χ1n) is 6.88. The van der Waals surface area contributed by atoms with Crippen molar-refractivity contribution in [3.63, 3.8) is 0 Å². The minimum absolute atomic E-state index is 0.0329. The van der Waals surface area contributed by atoms with E-state index in [1.807, 2.05) is 0 Å². The average Bonchev–Trinajstić information content (AvgIpc) is 2.80. The van der Waals surface area contributed by atoms with Crippen LogP contribution in [0.3, 0.4) is 0 Å². The molecule has 0 aliphatic carbocycles. The van der Waals surface area contributed by atoms with Crippen molar-refractivity contribution in [2.24, 2.45) is 5.92 Å². The first kappa shape index (κ1) is 16.3. The molecule has 0 spiro atoms.